The van der Waals surface area contributed by atoms with Gasteiger partial charge in [-0.2, -0.15) is 0 Å². The Kier molecular flexibility index (Phi) is 5.11. The number of rotatable bonds is 4. The van der Waals surface area contributed by atoms with Crippen LogP contribution in [-0.2, 0) is 11.8 Å². The molecule has 0 aliphatic carbocycles. The van der Waals surface area contributed by atoms with Crippen molar-refractivity contribution in [3.63, 3.8) is 0 Å². The molecule has 0 radical (unpaired) electrons. The van der Waals surface area contributed by atoms with Crippen LogP contribution in [0.1, 0.15) is 30.3 Å². The molecule has 2 rings (SSSR count). The van der Waals surface area contributed by atoms with Crippen molar-refractivity contribution in [2.75, 3.05) is 5.75 Å². The molecule has 2 heterocycles. The fraction of sp³-hybridized carbons (Fsp3) is 0.538. The van der Waals surface area contributed by atoms with Crippen LogP contribution in [0.2, 0.25) is 10.2 Å². The molecule has 1 fully saturated rings. The Balaban J connectivity index is 2.36. The first-order valence-electron chi connectivity index (χ1n) is 6.56. The maximum absolute atomic E-state index is 12.7. The van der Waals surface area contributed by atoms with Crippen molar-refractivity contribution < 1.29 is 14.7 Å². The molecule has 0 saturated carbocycles. The van der Waals surface area contributed by atoms with Crippen LogP contribution in [0.25, 0.3) is 0 Å². The number of hydrogen-bond donors (Lipinski definition) is 1. The minimum absolute atomic E-state index is 0.129. The zero-order chi connectivity index (χ0) is 15.7. The summed E-state index contributed by atoms with van der Waals surface area (Å²) in [6, 6.07) is 0.670. The van der Waals surface area contributed by atoms with E-state index in [4.69, 9.17) is 23.2 Å². The fourth-order valence-electron chi connectivity index (χ4n) is 2.38. The molecule has 0 aromatic carbocycles. The number of aromatic nitrogens is 1. The first-order chi connectivity index (χ1) is 9.88. The van der Waals surface area contributed by atoms with Crippen molar-refractivity contribution in [2.24, 2.45) is 7.05 Å². The second kappa shape index (κ2) is 6.50. The highest BCUT2D eigenvalue weighted by molar-refractivity contribution is 8.00. The number of carbonyl (C=O) groups excluding carboxylic acids is 1. The van der Waals surface area contributed by atoms with Gasteiger partial charge in [0.2, 0.25) is 0 Å². The van der Waals surface area contributed by atoms with E-state index in [1.165, 1.54) is 27.3 Å². The molecule has 1 N–H and O–H groups in total. The van der Waals surface area contributed by atoms with Crippen LogP contribution in [0.3, 0.4) is 0 Å². The van der Waals surface area contributed by atoms with E-state index in [0.717, 1.165) is 12.8 Å². The zero-order valence-corrected chi connectivity index (χ0v) is 14.0. The molecule has 2 unspecified atom stereocenters. The number of nitrogens with zero attached hydrogens (tertiary/aromatic N) is 2. The third kappa shape index (κ3) is 3.03. The summed E-state index contributed by atoms with van der Waals surface area (Å²) in [6.07, 6.45) is 1.63. The van der Waals surface area contributed by atoms with E-state index in [0.29, 0.717) is 11.4 Å². The Morgan fingerprint density at radius 1 is 1.48 bits per heavy atom. The van der Waals surface area contributed by atoms with E-state index in [1.54, 1.807) is 7.05 Å². The van der Waals surface area contributed by atoms with Gasteiger partial charge in [-0.05, 0) is 12.5 Å². The maximum Gasteiger partial charge on any atom is 0.327 e. The number of halogens is 2. The lowest BCUT2D eigenvalue weighted by molar-refractivity contribution is -0.141. The molecule has 0 spiro atoms. The van der Waals surface area contributed by atoms with Crippen molar-refractivity contribution in [3.8, 4) is 0 Å². The topological polar surface area (TPSA) is 62.5 Å². The van der Waals surface area contributed by atoms with Crippen LogP contribution in [0.4, 0.5) is 0 Å². The molecule has 1 amide bonds. The average Bonchev–Trinajstić information content (AvgIpc) is 2.96. The number of amides is 1. The van der Waals surface area contributed by atoms with E-state index < -0.39 is 12.0 Å². The molecule has 2 atom stereocenters. The lowest BCUT2D eigenvalue weighted by atomic mass is 10.2. The Labute approximate surface area is 137 Å². The van der Waals surface area contributed by atoms with Gasteiger partial charge in [-0.1, -0.05) is 36.5 Å². The molecule has 1 aromatic heterocycles. The summed E-state index contributed by atoms with van der Waals surface area (Å²) in [5.41, 5.74) is 0.305. The summed E-state index contributed by atoms with van der Waals surface area (Å²) in [5.74, 6) is -0.930. The first-order valence-corrected chi connectivity index (χ1v) is 8.36. The summed E-state index contributed by atoms with van der Waals surface area (Å²) >= 11 is 13.4. The highest BCUT2D eigenvalue weighted by Crippen LogP contribution is 2.35. The van der Waals surface area contributed by atoms with Gasteiger partial charge in [0.1, 0.15) is 16.9 Å². The van der Waals surface area contributed by atoms with Gasteiger partial charge in [0.15, 0.2) is 0 Å². The summed E-state index contributed by atoms with van der Waals surface area (Å²) < 4.78 is 1.48. The zero-order valence-electron chi connectivity index (χ0n) is 11.7. The maximum atomic E-state index is 12.7. The quantitative estimate of drug-likeness (QED) is 0.906. The third-order valence-corrected chi connectivity index (χ3v) is 5.68. The van der Waals surface area contributed by atoms with E-state index >= 15 is 0 Å². The first kappa shape index (κ1) is 16.5. The van der Waals surface area contributed by atoms with E-state index in [-0.39, 0.29) is 21.5 Å². The second-order valence-corrected chi connectivity index (χ2v) is 6.85. The molecule has 1 aliphatic heterocycles. The van der Waals surface area contributed by atoms with Crippen LogP contribution in [0.5, 0.6) is 0 Å². The number of carboxylic acids is 1. The summed E-state index contributed by atoms with van der Waals surface area (Å²) in [7, 11) is 1.63. The number of aliphatic carboxylic acids is 1. The van der Waals surface area contributed by atoms with Gasteiger partial charge < -0.3 is 14.6 Å². The number of hydrogen-bond acceptors (Lipinski definition) is 3. The highest BCUT2D eigenvalue weighted by atomic mass is 35.5. The molecular formula is C13H16Cl2N2O3S. The van der Waals surface area contributed by atoms with Gasteiger partial charge in [-0.3, -0.25) is 4.79 Å². The van der Waals surface area contributed by atoms with Gasteiger partial charge in [0.05, 0.1) is 10.4 Å². The Morgan fingerprint density at radius 3 is 2.62 bits per heavy atom. The van der Waals surface area contributed by atoms with Crippen molar-refractivity contribution in [3.05, 3.63) is 21.9 Å². The predicted octanol–water partition coefficient (Wildman–Crippen LogP) is 3.10. The van der Waals surface area contributed by atoms with Crippen LogP contribution in [-0.4, -0.2) is 43.6 Å². The van der Waals surface area contributed by atoms with Crippen molar-refractivity contribution in [1.29, 1.82) is 0 Å². The van der Waals surface area contributed by atoms with E-state index in [9.17, 15) is 14.7 Å². The van der Waals surface area contributed by atoms with E-state index in [2.05, 4.69) is 0 Å². The molecule has 5 nitrogen and oxygen atoms in total. The average molecular weight is 351 g/mol. The monoisotopic (exact) mass is 350 g/mol. The fourth-order valence-corrected chi connectivity index (χ4v) is 4.26. The molecule has 1 aromatic rings. The largest absolute Gasteiger partial charge is 0.480 e. The Bertz CT molecular complexity index is 576. The van der Waals surface area contributed by atoms with Crippen LogP contribution >= 0.6 is 35.0 Å². The molecule has 116 valence electrons. The number of carbonyl (C=O) groups is 2. The standard InChI is InChI=1S/C13H16Cl2N2O3S/c1-3-4-10-17(9(6-21-10)13(19)20)12(18)8-5-7(14)11(15)16(8)2/h5,9-10H,3-4,6H2,1-2H3,(H,19,20). The van der Waals surface area contributed by atoms with Crippen LogP contribution in [0, 0.1) is 0 Å². The molecule has 1 aliphatic rings. The van der Waals surface area contributed by atoms with Gasteiger partial charge in [-0.25, -0.2) is 4.79 Å². The molecule has 21 heavy (non-hydrogen) atoms. The van der Waals surface area contributed by atoms with Crippen LogP contribution in [0.15, 0.2) is 6.07 Å². The lowest BCUT2D eigenvalue weighted by Crippen LogP contribution is -2.46. The highest BCUT2D eigenvalue weighted by Gasteiger charge is 2.42. The van der Waals surface area contributed by atoms with Crippen molar-refractivity contribution >= 4 is 46.8 Å². The number of carboxylic acid groups (broad SMARTS) is 1. The Morgan fingerprint density at radius 2 is 2.14 bits per heavy atom. The minimum Gasteiger partial charge on any atom is -0.480 e. The molecule has 0 bridgehead atoms. The van der Waals surface area contributed by atoms with Crippen molar-refractivity contribution in [1.82, 2.24) is 9.47 Å². The molecular weight excluding hydrogens is 335 g/mol. The normalized spacial score (nSPS) is 21.8. The minimum atomic E-state index is -0.985. The van der Waals surface area contributed by atoms with Gasteiger partial charge in [0, 0.05) is 12.8 Å². The molecule has 8 heteroatoms. The van der Waals surface area contributed by atoms with Gasteiger partial charge >= 0.3 is 5.97 Å². The molecule has 1 saturated heterocycles. The second-order valence-electron chi connectivity index (χ2n) is 4.87. The smallest absolute Gasteiger partial charge is 0.327 e. The predicted molar refractivity (Wildman–Crippen MR) is 84.2 cm³/mol. The van der Waals surface area contributed by atoms with Gasteiger partial charge in [0.25, 0.3) is 5.91 Å². The van der Waals surface area contributed by atoms with Crippen molar-refractivity contribution in [2.45, 2.75) is 31.2 Å². The SMILES string of the molecule is CCCC1SCC(C(=O)O)N1C(=O)c1cc(Cl)c(Cl)n1C. The van der Waals surface area contributed by atoms with Crippen LogP contribution < -0.4 is 0 Å². The van der Waals surface area contributed by atoms with E-state index in [1.807, 2.05) is 6.92 Å². The Hall–Kier alpha value is -0.850. The van der Waals surface area contributed by atoms with Gasteiger partial charge in [-0.15, -0.1) is 11.8 Å². The summed E-state index contributed by atoms with van der Waals surface area (Å²) in [6.45, 7) is 2.01. The lowest BCUT2D eigenvalue weighted by Gasteiger charge is -2.27. The summed E-state index contributed by atoms with van der Waals surface area (Å²) in [4.78, 5) is 25.6. The third-order valence-electron chi connectivity index (χ3n) is 3.48. The summed E-state index contributed by atoms with van der Waals surface area (Å²) in [5, 5.41) is 9.75. The number of thioether (sulfide) groups is 1.